The van der Waals surface area contributed by atoms with Crippen LogP contribution in [-0.4, -0.2) is 71.2 Å². The number of carboxylic acids is 1. The third kappa shape index (κ3) is 12.3. The summed E-state index contributed by atoms with van der Waals surface area (Å²) in [6.45, 7) is 7.43. The van der Waals surface area contributed by atoms with Gasteiger partial charge in [-0.3, -0.25) is 19.4 Å². The van der Waals surface area contributed by atoms with Gasteiger partial charge in [0.1, 0.15) is 18.1 Å². The molecule has 0 heterocycles. The molecular weight excluding hydrogens is 450 g/mol. The summed E-state index contributed by atoms with van der Waals surface area (Å²) in [4.78, 5) is 53.0. The fourth-order valence-corrected chi connectivity index (χ4v) is 3.12. The lowest BCUT2D eigenvalue weighted by Crippen LogP contribution is -2.59. The van der Waals surface area contributed by atoms with Crippen molar-refractivity contribution in [3.05, 3.63) is 0 Å². The van der Waals surface area contributed by atoms with E-state index in [2.05, 4.69) is 33.6 Å². The quantitative estimate of drug-likeness (QED) is 0.0587. The van der Waals surface area contributed by atoms with Gasteiger partial charge in [0.2, 0.25) is 17.7 Å². The number of hydrogen-bond donors (Lipinski definition) is 8. The second-order valence-electron chi connectivity index (χ2n) is 8.56. The Bertz CT molecular complexity index is 698. The van der Waals surface area contributed by atoms with E-state index in [1.54, 1.807) is 13.8 Å². The third-order valence-corrected chi connectivity index (χ3v) is 5.05. The van der Waals surface area contributed by atoms with Crippen LogP contribution in [0.25, 0.3) is 0 Å². The van der Waals surface area contributed by atoms with Crippen molar-refractivity contribution in [1.82, 2.24) is 16.0 Å². The fourth-order valence-electron chi connectivity index (χ4n) is 2.87. The largest absolute Gasteiger partial charge is 0.480 e. The smallest absolute Gasteiger partial charge is 0.326 e. The zero-order chi connectivity index (χ0) is 25.7. The van der Waals surface area contributed by atoms with Crippen molar-refractivity contribution in [1.29, 1.82) is 0 Å². The number of thiol groups is 1. The van der Waals surface area contributed by atoms with Crippen LogP contribution in [0.5, 0.6) is 0 Å². The van der Waals surface area contributed by atoms with Gasteiger partial charge < -0.3 is 38.3 Å². The van der Waals surface area contributed by atoms with Crippen molar-refractivity contribution < 1.29 is 24.3 Å². The zero-order valence-corrected chi connectivity index (χ0v) is 20.6. The monoisotopic (exact) mass is 489 g/mol. The van der Waals surface area contributed by atoms with E-state index < -0.39 is 47.9 Å². The Morgan fingerprint density at radius 3 is 1.97 bits per heavy atom. The molecule has 0 bridgehead atoms. The van der Waals surface area contributed by atoms with Crippen LogP contribution < -0.4 is 33.2 Å². The molecule has 3 amide bonds. The maximum Gasteiger partial charge on any atom is 0.326 e. The number of carbonyl (C=O) groups excluding carboxylic acids is 3. The molecule has 12 nitrogen and oxygen atoms in total. The number of aliphatic carboxylic acids is 1. The molecule has 0 saturated carbocycles. The number of aliphatic imine (C=N–C) groups is 1. The van der Waals surface area contributed by atoms with Crippen molar-refractivity contribution in [3.8, 4) is 0 Å². The summed E-state index contributed by atoms with van der Waals surface area (Å²) in [5, 5.41) is 16.9. The molecule has 0 rings (SSSR count). The minimum atomic E-state index is -1.15. The number of amides is 3. The molecule has 0 aliphatic carbocycles. The van der Waals surface area contributed by atoms with E-state index in [-0.39, 0.29) is 30.0 Å². The van der Waals surface area contributed by atoms with E-state index in [4.69, 9.17) is 17.2 Å². The lowest BCUT2D eigenvalue weighted by atomic mass is 10.00. The molecule has 0 aromatic rings. The first-order valence-electron chi connectivity index (χ1n) is 10.9. The van der Waals surface area contributed by atoms with Crippen LogP contribution in [0.15, 0.2) is 4.99 Å². The topological polar surface area (TPSA) is 215 Å². The Balaban J connectivity index is 5.06. The highest BCUT2D eigenvalue weighted by atomic mass is 32.1. The molecule has 10 N–H and O–H groups in total. The van der Waals surface area contributed by atoms with Crippen LogP contribution in [0.1, 0.15) is 47.0 Å². The summed E-state index contributed by atoms with van der Waals surface area (Å²) in [6.07, 6.45) is 1.02. The van der Waals surface area contributed by atoms with Crippen LogP contribution in [-0.2, 0) is 19.2 Å². The lowest BCUT2D eigenvalue weighted by Gasteiger charge is -2.27. The maximum absolute atomic E-state index is 12.7. The minimum absolute atomic E-state index is 0.0319. The molecule has 0 radical (unpaired) electrons. The van der Waals surface area contributed by atoms with E-state index in [1.165, 1.54) is 0 Å². The number of nitrogens with zero attached hydrogens (tertiary/aromatic N) is 1. The van der Waals surface area contributed by atoms with Gasteiger partial charge in [0.25, 0.3) is 0 Å². The van der Waals surface area contributed by atoms with Crippen LogP contribution in [0.2, 0.25) is 0 Å². The Labute approximate surface area is 200 Å². The summed E-state index contributed by atoms with van der Waals surface area (Å²) in [5.74, 6) is -3.33. The average Bonchev–Trinajstić information content (AvgIpc) is 2.71. The first-order valence-corrected chi connectivity index (χ1v) is 11.5. The third-order valence-electron chi connectivity index (χ3n) is 4.69. The van der Waals surface area contributed by atoms with Crippen LogP contribution in [0.4, 0.5) is 0 Å². The number of carboxylic acid groups (broad SMARTS) is 1. The standard InChI is InChI=1S/C20H39N7O5S/c1-10(2)8-13(19(31)32)25-18(30)15(11(3)4)27-17(29)14(9-33)26-16(28)12(21)6-5-7-24-20(22)23/h10-15,33H,5-9,21H2,1-4H3,(H,25,30)(H,26,28)(H,27,29)(H,31,32)(H4,22,23,24). The molecular formula is C20H39N7O5S. The summed E-state index contributed by atoms with van der Waals surface area (Å²) in [5.41, 5.74) is 16.3. The molecule has 0 aromatic heterocycles. The van der Waals surface area contributed by atoms with Gasteiger partial charge in [-0.25, -0.2) is 4.79 Å². The van der Waals surface area contributed by atoms with Crippen LogP contribution in [0, 0.1) is 11.8 Å². The van der Waals surface area contributed by atoms with Gasteiger partial charge in [-0.15, -0.1) is 0 Å². The average molecular weight is 490 g/mol. The van der Waals surface area contributed by atoms with Gasteiger partial charge in [-0.1, -0.05) is 27.7 Å². The molecule has 0 spiro atoms. The zero-order valence-electron chi connectivity index (χ0n) is 19.7. The Morgan fingerprint density at radius 2 is 1.52 bits per heavy atom. The van der Waals surface area contributed by atoms with Gasteiger partial charge >= 0.3 is 5.97 Å². The maximum atomic E-state index is 12.7. The predicted octanol–water partition coefficient (Wildman–Crippen LogP) is -1.46. The van der Waals surface area contributed by atoms with E-state index >= 15 is 0 Å². The summed E-state index contributed by atoms with van der Waals surface area (Å²) >= 11 is 4.11. The molecule has 4 atom stereocenters. The highest BCUT2D eigenvalue weighted by Crippen LogP contribution is 2.08. The lowest BCUT2D eigenvalue weighted by molar-refractivity contribution is -0.143. The van der Waals surface area contributed by atoms with Gasteiger partial charge in [-0.05, 0) is 31.1 Å². The van der Waals surface area contributed by atoms with Gasteiger partial charge in [0.15, 0.2) is 5.96 Å². The Morgan fingerprint density at radius 1 is 0.939 bits per heavy atom. The molecule has 33 heavy (non-hydrogen) atoms. The molecule has 0 aliphatic heterocycles. The van der Waals surface area contributed by atoms with E-state index in [0.717, 1.165) is 0 Å². The number of nitrogens with one attached hydrogen (secondary N) is 3. The van der Waals surface area contributed by atoms with Gasteiger partial charge in [-0.2, -0.15) is 12.6 Å². The Hall–Kier alpha value is -2.54. The highest BCUT2D eigenvalue weighted by Gasteiger charge is 2.31. The van der Waals surface area contributed by atoms with Crippen molar-refractivity contribution in [2.75, 3.05) is 12.3 Å². The summed E-state index contributed by atoms with van der Waals surface area (Å²) in [7, 11) is 0. The first-order chi connectivity index (χ1) is 15.3. The molecule has 0 aliphatic rings. The molecule has 0 saturated heterocycles. The highest BCUT2D eigenvalue weighted by molar-refractivity contribution is 7.80. The molecule has 0 aromatic carbocycles. The number of rotatable bonds is 15. The predicted molar refractivity (Wildman–Crippen MR) is 129 cm³/mol. The van der Waals surface area contributed by atoms with Crippen molar-refractivity contribution in [2.45, 2.75) is 71.1 Å². The fraction of sp³-hybridized carbons (Fsp3) is 0.750. The second kappa shape index (κ2) is 15.3. The molecule has 13 heteroatoms. The summed E-state index contributed by atoms with van der Waals surface area (Å²) < 4.78 is 0. The van der Waals surface area contributed by atoms with Gasteiger partial charge in [0.05, 0.1) is 6.04 Å². The minimum Gasteiger partial charge on any atom is -0.480 e. The SMILES string of the molecule is CC(C)CC(NC(=O)C(NC(=O)C(CS)NC(=O)C(N)CCCN=C(N)N)C(C)C)C(=O)O. The molecule has 190 valence electrons. The van der Waals surface area contributed by atoms with Gasteiger partial charge in [0, 0.05) is 12.3 Å². The van der Waals surface area contributed by atoms with Crippen molar-refractivity contribution in [3.63, 3.8) is 0 Å². The van der Waals surface area contributed by atoms with Crippen LogP contribution >= 0.6 is 12.6 Å². The number of hydrogen-bond acceptors (Lipinski definition) is 7. The van der Waals surface area contributed by atoms with E-state index in [0.29, 0.717) is 19.4 Å². The number of nitrogens with two attached hydrogens (primary N) is 3. The van der Waals surface area contributed by atoms with Crippen molar-refractivity contribution in [2.24, 2.45) is 34.0 Å². The Kier molecular flexibility index (Phi) is 14.1. The number of guanidine groups is 1. The first kappa shape index (κ1) is 30.5. The molecule has 4 unspecified atom stereocenters. The molecule has 0 fully saturated rings. The van der Waals surface area contributed by atoms with E-state index in [9.17, 15) is 24.3 Å². The number of carbonyl (C=O) groups is 4. The van der Waals surface area contributed by atoms with E-state index in [1.807, 2.05) is 13.8 Å². The normalized spacial score (nSPS) is 14.7. The second-order valence-corrected chi connectivity index (χ2v) is 8.92. The van der Waals surface area contributed by atoms with Crippen molar-refractivity contribution >= 4 is 42.3 Å². The summed E-state index contributed by atoms with van der Waals surface area (Å²) in [6, 6.07) is -4.00. The van der Waals surface area contributed by atoms with Crippen LogP contribution in [0.3, 0.4) is 0 Å².